The van der Waals surface area contributed by atoms with Gasteiger partial charge in [0.1, 0.15) is 11.4 Å². The van der Waals surface area contributed by atoms with E-state index in [2.05, 4.69) is 20.3 Å². The Balaban J connectivity index is 1.30. The molecule has 0 amide bonds. The van der Waals surface area contributed by atoms with Gasteiger partial charge in [0, 0.05) is 29.3 Å². The zero-order valence-corrected chi connectivity index (χ0v) is 21.0. The summed E-state index contributed by atoms with van der Waals surface area (Å²) in [7, 11) is 0. The molecule has 0 saturated carbocycles. The summed E-state index contributed by atoms with van der Waals surface area (Å²) in [5, 5.41) is 14.6. The monoisotopic (exact) mass is 517 g/mol. The van der Waals surface area contributed by atoms with E-state index in [1.807, 2.05) is 71.5 Å². The molecular weight excluding hydrogens is 493 g/mol. The molecule has 1 saturated heterocycles. The van der Waals surface area contributed by atoms with E-state index < -0.39 is 5.95 Å². The van der Waals surface area contributed by atoms with E-state index in [0.29, 0.717) is 29.1 Å². The number of hydrogen-bond acceptors (Lipinski definition) is 6. The van der Waals surface area contributed by atoms with Crippen LogP contribution in [0.2, 0.25) is 0 Å². The topological polar surface area (TPSA) is 83.5 Å². The number of fused-ring (bicyclic) bond motifs is 1. The van der Waals surface area contributed by atoms with Crippen molar-refractivity contribution >= 4 is 10.9 Å². The van der Waals surface area contributed by atoms with E-state index in [1.54, 1.807) is 23.0 Å². The molecule has 0 radical (unpaired) electrons. The lowest BCUT2D eigenvalue weighted by atomic mass is 10.0. The summed E-state index contributed by atoms with van der Waals surface area (Å²) < 4.78 is 24.2. The second kappa shape index (κ2) is 9.85. The summed E-state index contributed by atoms with van der Waals surface area (Å²) in [6.07, 6.45) is 7.88. The van der Waals surface area contributed by atoms with Gasteiger partial charge in [-0.15, -0.1) is 5.10 Å². The highest BCUT2D eigenvalue weighted by atomic mass is 19.1. The van der Waals surface area contributed by atoms with E-state index in [0.717, 1.165) is 47.1 Å². The quantitative estimate of drug-likeness (QED) is 0.252. The Kier molecular flexibility index (Phi) is 5.90. The highest BCUT2D eigenvalue weighted by Gasteiger charge is 2.24. The Bertz CT molecular complexity index is 1760. The van der Waals surface area contributed by atoms with E-state index >= 15 is 0 Å². The van der Waals surface area contributed by atoms with Crippen LogP contribution < -0.4 is 0 Å². The lowest BCUT2D eigenvalue weighted by Crippen LogP contribution is -2.19. The van der Waals surface area contributed by atoms with Gasteiger partial charge in [0.25, 0.3) is 0 Å². The first-order valence-corrected chi connectivity index (χ1v) is 12.9. The molecule has 0 aliphatic carbocycles. The summed E-state index contributed by atoms with van der Waals surface area (Å²) in [6, 6.07) is 23.2. The van der Waals surface area contributed by atoms with E-state index in [-0.39, 0.29) is 6.23 Å². The van der Waals surface area contributed by atoms with E-state index in [9.17, 15) is 4.39 Å². The van der Waals surface area contributed by atoms with Crippen LogP contribution in [0.5, 0.6) is 0 Å². The normalized spacial score (nSPS) is 15.6. The molecule has 1 atom stereocenters. The number of rotatable bonds is 5. The Morgan fingerprint density at radius 2 is 1.79 bits per heavy atom. The summed E-state index contributed by atoms with van der Waals surface area (Å²) in [5.74, 6) is -0.515. The second-order valence-electron chi connectivity index (χ2n) is 9.50. The first kappa shape index (κ1) is 23.4. The molecule has 0 spiro atoms. The Labute approximate surface area is 223 Å². The van der Waals surface area contributed by atoms with Crippen LogP contribution in [-0.4, -0.2) is 41.3 Å². The van der Waals surface area contributed by atoms with Gasteiger partial charge in [-0.25, -0.2) is 14.3 Å². The number of hydrogen-bond donors (Lipinski definition) is 0. The van der Waals surface area contributed by atoms with Crippen molar-refractivity contribution in [2.45, 2.75) is 25.5 Å². The standard InChI is InChI=1S/C30H24FN7O/c31-30-23(9-6-15-32-30)21-11-14-27-24(17-21)29(35-38(27)28-10-4-5-16-39-28)26-19-37(36-34-26)22-12-13-25(33-18-22)20-7-2-1-3-8-20/h1-3,6-9,11-15,17-19,28H,4-5,10,16H2. The largest absolute Gasteiger partial charge is 0.356 e. The summed E-state index contributed by atoms with van der Waals surface area (Å²) in [6.45, 7) is 0.697. The zero-order valence-electron chi connectivity index (χ0n) is 21.0. The van der Waals surface area contributed by atoms with E-state index in [1.165, 1.54) is 6.20 Å². The molecule has 39 heavy (non-hydrogen) atoms. The third-order valence-electron chi connectivity index (χ3n) is 7.02. The Morgan fingerprint density at radius 1 is 0.872 bits per heavy atom. The maximum Gasteiger partial charge on any atom is 0.220 e. The Morgan fingerprint density at radius 3 is 2.59 bits per heavy atom. The molecule has 7 rings (SSSR count). The number of pyridine rings is 2. The van der Waals surface area contributed by atoms with Gasteiger partial charge in [0.15, 0.2) is 6.23 Å². The third-order valence-corrected chi connectivity index (χ3v) is 7.02. The van der Waals surface area contributed by atoms with E-state index in [4.69, 9.17) is 9.84 Å². The van der Waals surface area contributed by atoms with Gasteiger partial charge < -0.3 is 4.74 Å². The molecule has 8 nitrogen and oxygen atoms in total. The lowest BCUT2D eigenvalue weighted by molar-refractivity contribution is -0.0365. The minimum atomic E-state index is -0.515. The fraction of sp³-hybridized carbons (Fsp3) is 0.167. The Hall–Kier alpha value is -4.76. The van der Waals surface area contributed by atoms with Crippen LogP contribution in [0.15, 0.2) is 91.4 Å². The van der Waals surface area contributed by atoms with Crippen molar-refractivity contribution in [1.82, 2.24) is 34.7 Å². The SMILES string of the molecule is Fc1ncccc1-c1ccc2c(c1)c(-c1cn(-c3ccc(-c4ccccc4)nc3)nn1)nn2C1CCCCO1. The average Bonchev–Trinajstić information content (AvgIpc) is 3.64. The number of ether oxygens (including phenoxy) is 1. The minimum absolute atomic E-state index is 0.166. The minimum Gasteiger partial charge on any atom is -0.356 e. The first-order valence-electron chi connectivity index (χ1n) is 12.9. The predicted molar refractivity (Wildman–Crippen MR) is 145 cm³/mol. The van der Waals surface area contributed by atoms with Crippen LogP contribution >= 0.6 is 0 Å². The van der Waals surface area contributed by atoms with Crippen LogP contribution in [0.1, 0.15) is 25.5 Å². The molecule has 4 aromatic heterocycles. The molecule has 2 aromatic carbocycles. The molecule has 9 heteroatoms. The van der Waals surface area contributed by atoms with Crippen LogP contribution in [0, 0.1) is 5.95 Å². The average molecular weight is 518 g/mol. The van der Waals surface area contributed by atoms with Crippen molar-refractivity contribution in [1.29, 1.82) is 0 Å². The fourth-order valence-electron chi connectivity index (χ4n) is 5.03. The molecule has 1 fully saturated rings. The molecule has 6 aromatic rings. The summed E-state index contributed by atoms with van der Waals surface area (Å²) in [4.78, 5) is 8.43. The lowest BCUT2D eigenvalue weighted by Gasteiger charge is -2.23. The molecule has 0 N–H and O–H groups in total. The molecule has 192 valence electrons. The fourth-order valence-corrected chi connectivity index (χ4v) is 5.03. The first-order chi connectivity index (χ1) is 19.2. The van der Waals surface area contributed by atoms with Crippen molar-refractivity contribution in [2.75, 3.05) is 6.61 Å². The van der Waals surface area contributed by atoms with Gasteiger partial charge in [-0.2, -0.15) is 9.49 Å². The number of halogens is 1. The highest BCUT2D eigenvalue weighted by molar-refractivity contribution is 5.95. The third kappa shape index (κ3) is 4.36. The molecule has 0 bridgehead atoms. The maximum absolute atomic E-state index is 14.5. The van der Waals surface area contributed by atoms with Crippen LogP contribution in [0.25, 0.3) is 50.4 Å². The molecule has 5 heterocycles. The highest BCUT2D eigenvalue weighted by Crippen LogP contribution is 2.35. The van der Waals surface area contributed by atoms with Gasteiger partial charge in [0.2, 0.25) is 5.95 Å². The maximum atomic E-state index is 14.5. The molecule has 1 aliphatic heterocycles. The smallest absolute Gasteiger partial charge is 0.220 e. The molecular formula is C30H24FN7O. The van der Waals surface area contributed by atoms with Crippen LogP contribution in [0.4, 0.5) is 4.39 Å². The van der Waals surface area contributed by atoms with Crippen molar-refractivity contribution in [2.24, 2.45) is 0 Å². The second-order valence-corrected chi connectivity index (χ2v) is 9.50. The number of nitrogens with zero attached hydrogens (tertiary/aromatic N) is 7. The summed E-state index contributed by atoms with van der Waals surface area (Å²) >= 11 is 0. The van der Waals surface area contributed by atoms with Gasteiger partial charge in [-0.1, -0.05) is 41.6 Å². The number of aromatic nitrogens is 7. The van der Waals surface area contributed by atoms with Crippen LogP contribution in [-0.2, 0) is 4.74 Å². The van der Waals surface area contributed by atoms with Gasteiger partial charge in [-0.3, -0.25) is 4.98 Å². The van der Waals surface area contributed by atoms with Gasteiger partial charge >= 0.3 is 0 Å². The van der Waals surface area contributed by atoms with Gasteiger partial charge in [0.05, 0.1) is 29.3 Å². The summed E-state index contributed by atoms with van der Waals surface area (Å²) in [5.41, 5.74) is 6.01. The zero-order chi connectivity index (χ0) is 26.2. The van der Waals surface area contributed by atoms with Crippen LogP contribution in [0.3, 0.4) is 0 Å². The van der Waals surface area contributed by atoms with Gasteiger partial charge in [-0.05, 0) is 61.2 Å². The van der Waals surface area contributed by atoms with Crippen molar-refractivity contribution in [3.63, 3.8) is 0 Å². The van der Waals surface area contributed by atoms with Crippen molar-refractivity contribution < 1.29 is 9.13 Å². The van der Waals surface area contributed by atoms with Crippen molar-refractivity contribution in [3.8, 4) is 39.5 Å². The predicted octanol–water partition coefficient (Wildman–Crippen LogP) is 6.25. The molecule has 1 aliphatic rings. The molecule has 1 unspecified atom stereocenters. The number of benzene rings is 2. The van der Waals surface area contributed by atoms with Crippen molar-refractivity contribution in [3.05, 3.63) is 97.3 Å².